The van der Waals surface area contributed by atoms with E-state index in [4.69, 9.17) is 4.98 Å². The molecular weight excluding hydrogens is 362 g/mol. The first-order valence-corrected chi connectivity index (χ1v) is 9.33. The SMILES string of the molecule is Cc1nn(C(C)(C)C)c2nc(C3CC3)cc(C(=O)Nc3cccc(F)c3F)c12. The molecule has 1 saturated carbocycles. The summed E-state index contributed by atoms with van der Waals surface area (Å²) in [6.45, 7) is 7.88. The minimum atomic E-state index is -1.08. The molecule has 0 saturated heterocycles. The molecule has 7 heteroatoms. The summed E-state index contributed by atoms with van der Waals surface area (Å²) in [5, 5.41) is 7.74. The number of halogens is 2. The van der Waals surface area contributed by atoms with E-state index in [1.54, 1.807) is 6.07 Å². The Bertz CT molecular complexity index is 1090. The van der Waals surface area contributed by atoms with Crippen LogP contribution in [0.2, 0.25) is 0 Å². The van der Waals surface area contributed by atoms with Crippen molar-refractivity contribution < 1.29 is 13.6 Å². The first kappa shape index (κ1) is 18.5. The van der Waals surface area contributed by atoms with Crippen LogP contribution in [0.25, 0.3) is 11.0 Å². The van der Waals surface area contributed by atoms with Crippen LogP contribution in [-0.2, 0) is 5.54 Å². The van der Waals surface area contributed by atoms with Crippen LogP contribution < -0.4 is 5.32 Å². The number of aromatic nitrogens is 3. The molecule has 0 aliphatic heterocycles. The Hall–Kier alpha value is -2.83. The number of anilines is 1. The van der Waals surface area contributed by atoms with Crippen molar-refractivity contribution >= 4 is 22.6 Å². The van der Waals surface area contributed by atoms with Crippen molar-refractivity contribution in [1.29, 1.82) is 0 Å². The number of fused-ring (bicyclic) bond motifs is 1. The van der Waals surface area contributed by atoms with Crippen molar-refractivity contribution in [1.82, 2.24) is 14.8 Å². The van der Waals surface area contributed by atoms with Gasteiger partial charge in [0.25, 0.3) is 5.91 Å². The number of hydrogen-bond acceptors (Lipinski definition) is 3. The fourth-order valence-corrected chi connectivity index (χ4v) is 3.33. The molecule has 146 valence electrons. The molecule has 0 bridgehead atoms. The topological polar surface area (TPSA) is 59.8 Å². The zero-order valence-electron chi connectivity index (χ0n) is 16.3. The van der Waals surface area contributed by atoms with Gasteiger partial charge < -0.3 is 5.32 Å². The van der Waals surface area contributed by atoms with Crippen molar-refractivity contribution in [2.24, 2.45) is 0 Å². The lowest BCUT2D eigenvalue weighted by Crippen LogP contribution is -2.24. The maximum atomic E-state index is 14.0. The third kappa shape index (κ3) is 3.15. The lowest BCUT2D eigenvalue weighted by molar-refractivity contribution is 0.102. The van der Waals surface area contributed by atoms with Gasteiger partial charge in [-0.2, -0.15) is 5.10 Å². The zero-order chi connectivity index (χ0) is 20.2. The average molecular weight is 384 g/mol. The van der Waals surface area contributed by atoms with Gasteiger partial charge in [0.2, 0.25) is 0 Å². The van der Waals surface area contributed by atoms with Crippen LogP contribution in [0.4, 0.5) is 14.5 Å². The Morgan fingerprint density at radius 2 is 1.96 bits per heavy atom. The van der Waals surface area contributed by atoms with Crippen molar-refractivity contribution in [3.05, 3.63) is 52.9 Å². The minimum absolute atomic E-state index is 0.191. The van der Waals surface area contributed by atoms with Crippen molar-refractivity contribution in [3.63, 3.8) is 0 Å². The van der Waals surface area contributed by atoms with E-state index in [2.05, 4.69) is 10.4 Å². The third-order valence-electron chi connectivity index (χ3n) is 4.91. The predicted molar refractivity (Wildman–Crippen MR) is 104 cm³/mol. The molecule has 0 spiro atoms. The minimum Gasteiger partial charge on any atom is -0.319 e. The largest absolute Gasteiger partial charge is 0.319 e. The third-order valence-corrected chi connectivity index (χ3v) is 4.91. The quantitative estimate of drug-likeness (QED) is 0.698. The van der Waals surface area contributed by atoms with Crippen LogP contribution in [0, 0.1) is 18.6 Å². The van der Waals surface area contributed by atoms with Gasteiger partial charge in [0, 0.05) is 11.6 Å². The molecule has 2 heterocycles. The summed E-state index contributed by atoms with van der Waals surface area (Å²) in [6, 6.07) is 5.46. The lowest BCUT2D eigenvalue weighted by atomic mass is 10.1. The Morgan fingerprint density at radius 3 is 2.61 bits per heavy atom. The molecular formula is C21H22F2N4O. The summed E-state index contributed by atoms with van der Waals surface area (Å²) < 4.78 is 29.4. The Morgan fingerprint density at radius 1 is 1.25 bits per heavy atom. The van der Waals surface area contributed by atoms with Gasteiger partial charge in [0.15, 0.2) is 17.3 Å². The Balaban J connectivity index is 1.86. The highest BCUT2D eigenvalue weighted by Gasteiger charge is 2.30. The van der Waals surface area contributed by atoms with Crippen molar-refractivity contribution in [3.8, 4) is 0 Å². The molecule has 0 atom stereocenters. The second kappa shape index (κ2) is 6.36. The van der Waals surface area contributed by atoms with E-state index in [1.165, 1.54) is 12.1 Å². The molecule has 3 aromatic rings. The first-order chi connectivity index (χ1) is 13.2. The monoisotopic (exact) mass is 384 g/mol. The van der Waals surface area contributed by atoms with Crippen LogP contribution in [0.15, 0.2) is 24.3 Å². The summed E-state index contributed by atoms with van der Waals surface area (Å²) in [5.74, 6) is -2.26. The number of hydrogen-bond donors (Lipinski definition) is 1. The number of nitrogens with one attached hydrogen (secondary N) is 1. The van der Waals surface area contributed by atoms with E-state index in [9.17, 15) is 13.6 Å². The fraction of sp³-hybridized carbons (Fsp3) is 0.381. The normalized spacial score (nSPS) is 14.5. The molecule has 1 amide bonds. The maximum Gasteiger partial charge on any atom is 0.256 e. The predicted octanol–water partition coefficient (Wildman–Crippen LogP) is 4.90. The van der Waals surface area contributed by atoms with Gasteiger partial charge in [-0.3, -0.25) is 4.79 Å². The summed E-state index contributed by atoms with van der Waals surface area (Å²) in [5.41, 5.74) is 2.02. The highest BCUT2D eigenvalue weighted by atomic mass is 19.2. The molecule has 1 N–H and O–H groups in total. The number of carbonyl (C=O) groups is 1. The van der Waals surface area contributed by atoms with Crippen LogP contribution >= 0.6 is 0 Å². The van der Waals surface area contributed by atoms with Crippen LogP contribution in [-0.4, -0.2) is 20.7 Å². The zero-order valence-corrected chi connectivity index (χ0v) is 16.3. The van der Waals surface area contributed by atoms with E-state index in [0.29, 0.717) is 28.2 Å². The van der Waals surface area contributed by atoms with Gasteiger partial charge in [0.05, 0.1) is 27.9 Å². The summed E-state index contributed by atoms with van der Waals surface area (Å²) in [6.07, 6.45) is 2.06. The second-order valence-corrected chi connectivity index (χ2v) is 8.29. The standard InChI is InChI=1S/C21H22F2N4O/c1-11-17-13(20(28)25-15-7-5-6-14(22)18(15)23)10-16(12-8-9-12)24-19(17)27(26-11)21(2,3)4/h5-7,10,12H,8-9H2,1-4H3,(H,25,28). The lowest BCUT2D eigenvalue weighted by Gasteiger charge is -2.20. The summed E-state index contributed by atoms with van der Waals surface area (Å²) >= 11 is 0. The summed E-state index contributed by atoms with van der Waals surface area (Å²) in [4.78, 5) is 17.8. The molecule has 0 radical (unpaired) electrons. The second-order valence-electron chi connectivity index (χ2n) is 8.29. The molecule has 1 aromatic carbocycles. The first-order valence-electron chi connectivity index (χ1n) is 9.33. The molecule has 2 aromatic heterocycles. The number of rotatable bonds is 3. The molecule has 1 fully saturated rings. The molecule has 5 nitrogen and oxygen atoms in total. The Kier molecular flexibility index (Phi) is 4.21. The number of aryl methyl sites for hydroxylation is 1. The van der Waals surface area contributed by atoms with Crippen LogP contribution in [0.3, 0.4) is 0 Å². The molecule has 1 aliphatic carbocycles. The molecule has 0 unspecified atom stereocenters. The van der Waals surface area contributed by atoms with E-state index in [1.807, 2.05) is 32.4 Å². The van der Waals surface area contributed by atoms with E-state index in [0.717, 1.165) is 24.6 Å². The number of nitrogens with zero attached hydrogens (tertiary/aromatic N) is 3. The van der Waals surface area contributed by atoms with Gasteiger partial charge in [-0.25, -0.2) is 18.4 Å². The Labute approximate surface area is 161 Å². The highest BCUT2D eigenvalue weighted by molar-refractivity contribution is 6.12. The number of pyridine rings is 1. The highest BCUT2D eigenvalue weighted by Crippen LogP contribution is 2.41. The average Bonchev–Trinajstić information content (AvgIpc) is 3.41. The van der Waals surface area contributed by atoms with Gasteiger partial charge in [-0.1, -0.05) is 6.07 Å². The van der Waals surface area contributed by atoms with Gasteiger partial charge in [-0.05, 0) is 58.7 Å². The van der Waals surface area contributed by atoms with Crippen molar-refractivity contribution in [2.45, 2.75) is 52.0 Å². The van der Waals surface area contributed by atoms with Gasteiger partial charge >= 0.3 is 0 Å². The number of benzene rings is 1. The number of carbonyl (C=O) groups excluding carboxylic acids is 1. The van der Waals surface area contributed by atoms with Crippen molar-refractivity contribution in [2.75, 3.05) is 5.32 Å². The fourth-order valence-electron chi connectivity index (χ4n) is 3.33. The van der Waals surface area contributed by atoms with Gasteiger partial charge in [0.1, 0.15) is 0 Å². The number of amides is 1. The van der Waals surface area contributed by atoms with Crippen LogP contribution in [0.5, 0.6) is 0 Å². The van der Waals surface area contributed by atoms with E-state index >= 15 is 0 Å². The summed E-state index contributed by atoms with van der Waals surface area (Å²) in [7, 11) is 0. The molecule has 28 heavy (non-hydrogen) atoms. The smallest absolute Gasteiger partial charge is 0.256 e. The molecule has 4 rings (SSSR count). The molecule has 1 aliphatic rings. The van der Waals surface area contributed by atoms with Crippen LogP contribution in [0.1, 0.15) is 61.3 Å². The van der Waals surface area contributed by atoms with E-state index < -0.39 is 17.5 Å². The maximum absolute atomic E-state index is 14.0. The van der Waals surface area contributed by atoms with Gasteiger partial charge in [-0.15, -0.1) is 0 Å². The van der Waals surface area contributed by atoms with E-state index in [-0.39, 0.29) is 11.2 Å².